The maximum atomic E-state index is 6.49. The minimum atomic E-state index is -2.09. The molecule has 0 saturated carbocycles. The first-order valence-corrected chi connectivity index (χ1v) is 24.7. The maximum absolute atomic E-state index is 6.49. The van der Waals surface area contributed by atoms with Crippen molar-refractivity contribution in [2.75, 3.05) is 38.2 Å². The van der Waals surface area contributed by atoms with E-state index >= 15 is 0 Å². The molecular formula is C32H70O3P4. The van der Waals surface area contributed by atoms with E-state index in [2.05, 4.69) is 33.8 Å². The van der Waals surface area contributed by atoms with Gasteiger partial charge in [-0.1, -0.05) is 65.2 Å². The van der Waals surface area contributed by atoms with Crippen LogP contribution in [-0.2, 0) is 12.9 Å². The van der Waals surface area contributed by atoms with E-state index in [4.69, 9.17) is 12.9 Å². The summed E-state index contributed by atoms with van der Waals surface area (Å²) in [6.45, 7) is 9.63. The Hall–Kier alpha value is 1.60. The van der Waals surface area contributed by atoms with E-state index in [0.717, 1.165) is 5.90 Å². The molecule has 0 N–H and O–H groups in total. The number of rotatable bonds is 28. The van der Waals surface area contributed by atoms with Crippen LogP contribution in [0.1, 0.15) is 168 Å². The summed E-state index contributed by atoms with van der Waals surface area (Å²) in [6, 6.07) is 0. The second-order valence-corrected chi connectivity index (χ2v) is 25.2. The van der Waals surface area contributed by atoms with Crippen LogP contribution < -0.4 is 0 Å². The second kappa shape index (κ2) is 25.0. The van der Waals surface area contributed by atoms with Crippen LogP contribution in [0.25, 0.3) is 0 Å². The third kappa shape index (κ3) is 24.7. The van der Waals surface area contributed by atoms with Crippen LogP contribution in [0.2, 0.25) is 0 Å². The molecule has 0 aliphatic carbocycles. The summed E-state index contributed by atoms with van der Waals surface area (Å²) in [7, 11) is -0.978. The summed E-state index contributed by atoms with van der Waals surface area (Å²) >= 11 is 0. The van der Waals surface area contributed by atoms with Crippen molar-refractivity contribution in [2.45, 2.75) is 168 Å². The Morgan fingerprint density at radius 3 is 1.38 bits per heavy atom. The molecule has 0 amide bonds. The molecule has 0 spiro atoms. The van der Waals surface area contributed by atoms with Crippen molar-refractivity contribution in [3.63, 3.8) is 0 Å². The molecule has 1 aliphatic heterocycles. The normalized spacial score (nSPS) is 21.8. The predicted octanol–water partition coefficient (Wildman–Crippen LogP) is 14.0. The zero-order valence-electron chi connectivity index (χ0n) is 27.2. The fourth-order valence-electron chi connectivity index (χ4n) is 5.36. The van der Waals surface area contributed by atoms with Gasteiger partial charge in [-0.15, -0.1) is 0 Å². The summed E-state index contributed by atoms with van der Waals surface area (Å²) in [5.74, 6) is 1.16. The van der Waals surface area contributed by atoms with Gasteiger partial charge in [0.1, 0.15) is 0 Å². The Balaban J connectivity index is 2.02. The zero-order valence-corrected chi connectivity index (χ0v) is 30.8. The molecule has 1 heterocycles. The fraction of sp³-hybridized carbons (Fsp3) is 1.00. The molecule has 0 aromatic carbocycles. The van der Waals surface area contributed by atoms with Gasteiger partial charge in [-0.05, 0) is 0 Å². The number of hydrogen-bond acceptors (Lipinski definition) is 3. The van der Waals surface area contributed by atoms with Crippen molar-refractivity contribution in [1.82, 2.24) is 0 Å². The molecule has 0 aromatic rings. The number of unbranched alkanes of at least 4 members (excludes halogenated alkanes) is 22. The summed E-state index contributed by atoms with van der Waals surface area (Å²) in [5.41, 5.74) is 0. The first-order valence-electron chi connectivity index (χ1n) is 17.2. The van der Waals surface area contributed by atoms with Gasteiger partial charge in [0.05, 0.1) is 0 Å². The van der Waals surface area contributed by atoms with Crippen molar-refractivity contribution < 1.29 is 12.9 Å². The molecule has 0 aromatic heterocycles. The standard InChI is InChI=1S/C32H70O3P4/c1-6-8-10-12-14-16-18-20-22-24-26-28-30-36-33-38-34-37(32-39(3,4,5)35-38)31-29-27-25-23-21-19-17-15-13-11-9-7-2/h36H,6-32H2,1-5H3. The fourth-order valence-corrected chi connectivity index (χ4v) is 17.6. The summed E-state index contributed by atoms with van der Waals surface area (Å²) < 4.78 is 19.1. The Morgan fingerprint density at radius 1 is 0.564 bits per heavy atom. The predicted molar refractivity (Wildman–Crippen MR) is 187 cm³/mol. The van der Waals surface area contributed by atoms with Gasteiger partial charge in [-0.3, -0.25) is 0 Å². The monoisotopic (exact) mass is 626 g/mol. The minimum absolute atomic E-state index is 0.387. The number of hydrogen-bond donors (Lipinski definition) is 0. The van der Waals surface area contributed by atoms with E-state index in [0.29, 0.717) is 8.81 Å². The van der Waals surface area contributed by atoms with Crippen molar-refractivity contribution in [3.05, 3.63) is 0 Å². The van der Waals surface area contributed by atoms with E-state index in [1.807, 2.05) is 0 Å². The Labute approximate surface area is 250 Å². The van der Waals surface area contributed by atoms with Gasteiger partial charge in [0.25, 0.3) is 0 Å². The summed E-state index contributed by atoms with van der Waals surface area (Å²) in [4.78, 5) is 0. The molecule has 1 rings (SSSR count). The second-order valence-electron chi connectivity index (χ2n) is 13.5. The molecule has 3 nitrogen and oxygen atoms in total. The molecule has 236 valence electrons. The summed E-state index contributed by atoms with van der Waals surface area (Å²) in [5, 5.41) is 0. The molecule has 39 heavy (non-hydrogen) atoms. The van der Waals surface area contributed by atoms with Crippen molar-refractivity contribution in [1.29, 1.82) is 0 Å². The van der Waals surface area contributed by atoms with Gasteiger partial charge in [0.15, 0.2) is 0 Å². The van der Waals surface area contributed by atoms with Gasteiger partial charge < -0.3 is 0 Å². The Bertz CT molecular complexity index is 541. The Morgan fingerprint density at radius 2 is 0.949 bits per heavy atom. The quantitative estimate of drug-likeness (QED) is 0.0639. The van der Waals surface area contributed by atoms with E-state index in [1.165, 1.54) is 166 Å². The van der Waals surface area contributed by atoms with Crippen LogP contribution in [0.4, 0.5) is 0 Å². The van der Waals surface area contributed by atoms with Gasteiger partial charge in [-0.25, -0.2) is 0 Å². The molecule has 3 unspecified atom stereocenters. The molecule has 1 aliphatic rings. The van der Waals surface area contributed by atoms with Gasteiger partial charge in [0.2, 0.25) is 0 Å². The van der Waals surface area contributed by atoms with Gasteiger partial charge >= 0.3 is 186 Å². The first-order chi connectivity index (χ1) is 18.8. The molecule has 1 saturated heterocycles. The molecule has 3 atom stereocenters. The van der Waals surface area contributed by atoms with Crippen molar-refractivity contribution in [3.8, 4) is 0 Å². The zero-order chi connectivity index (χ0) is 28.5. The van der Waals surface area contributed by atoms with E-state index in [9.17, 15) is 0 Å². The van der Waals surface area contributed by atoms with E-state index in [-0.39, 0.29) is 8.15 Å². The van der Waals surface area contributed by atoms with Crippen LogP contribution in [0, 0.1) is 0 Å². The topological polar surface area (TPSA) is 27.7 Å². The molecule has 0 bridgehead atoms. The van der Waals surface area contributed by atoms with Crippen LogP contribution in [-0.4, -0.2) is 38.2 Å². The molecule has 7 heteroatoms. The average molecular weight is 627 g/mol. The van der Waals surface area contributed by atoms with E-state index in [1.54, 1.807) is 0 Å². The van der Waals surface area contributed by atoms with Crippen LogP contribution >= 0.6 is 32.4 Å². The van der Waals surface area contributed by atoms with Gasteiger partial charge in [-0.2, -0.15) is 0 Å². The van der Waals surface area contributed by atoms with Crippen molar-refractivity contribution >= 4 is 32.4 Å². The summed E-state index contributed by atoms with van der Waals surface area (Å²) in [6.07, 6.45) is 36.2. The van der Waals surface area contributed by atoms with Crippen LogP contribution in [0.5, 0.6) is 0 Å². The van der Waals surface area contributed by atoms with Crippen LogP contribution in [0.3, 0.4) is 0 Å². The molecular weight excluding hydrogens is 556 g/mol. The molecule has 0 radical (unpaired) electrons. The average Bonchev–Trinajstić information content (AvgIpc) is 2.88. The van der Waals surface area contributed by atoms with Gasteiger partial charge in [0, 0.05) is 0 Å². The van der Waals surface area contributed by atoms with Crippen molar-refractivity contribution in [2.24, 2.45) is 0 Å². The SMILES string of the molecule is CCCCCCCCCCCCCCPOP1OP(CCCCCCCCCCCCCC)CP(C)(C)(C)O1. The van der Waals surface area contributed by atoms with Crippen LogP contribution in [0.15, 0.2) is 0 Å². The Kier molecular flexibility index (Phi) is 24.7. The molecule has 1 fully saturated rings. The van der Waals surface area contributed by atoms with E-state index < -0.39 is 15.4 Å². The third-order valence-corrected chi connectivity index (χ3v) is 19.7. The first kappa shape index (κ1) is 38.6. The third-order valence-electron chi connectivity index (χ3n) is 7.72.